The van der Waals surface area contributed by atoms with Crippen LogP contribution >= 0.6 is 0 Å². The number of benzene rings is 1. The van der Waals surface area contributed by atoms with Crippen LogP contribution in [0.3, 0.4) is 0 Å². The molecule has 0 atom stereocenters. The van der Waals surface area contributed by atoms with Gasteiger partial charge in [0.05, 0.1) is 24.3 Å². The zero-order valence-electron chi connectivity index (χ0n) is 14.1. The fraction of sp³-hybridized carbons (Fsp3) is 0.611. The molecule has 1 aromatic rings. The minimum absolute atomic E-state index is 0.0210. The van der Waals surface area contributed by atoms with E-state index in [1.54, 1.807) is 0 Å². The van der Waals surface area contributed by atoms with Gasteiger partial charge >= 0.3 is 0 Å². The molecule has 0 radical (unpaired) electrons. The molecule has 122 valence electrons. The summed E-state index contributed by atoms with van der Waals surface area (Å²) in [6.07, 6.45) is 2.49. The summed E-state index contributed by atoms with van der Waals surface area (Å²) in [4.78, 5) is 14.8. The van der Waals surface area contributed by atoms with Crippen molar-refractivity contribution in [3.05, 3.63) is 23.8 Å². The predicted molar refractivity (Wildman–Crippen MR) is 88.0 cm³/mol. The SMILES string of the molecule is CC(C)Oc1ccc(C(=O)CN2CCCC2)c(OC(C)C)c1. The second-order valence-electron chi connectivity index (χ2n) is 6.40. The van der Waals surface area contributed by atoms with Crippen molar-refractivity contribution in [3.8, 4) is 11.5 Å². The van der Waals surface area contributed by atoms with Gasteiger partial charge in [-0.3, -0.25) is 9.69 Å². The van der Waals surface area contributed by atoms with Crippen LogP contribution in [0.2, 0.25) is 0 Å². The maximum atomic E-state index is 12.6. The predicted octanol–water partition coefficient (Wildman–Crippen LogP) is 3.54. The third kappa shape index (κ3) is 4.73. The highest BCUT2D eigenvalue weighted by Gasteiger charge is 2.20. The second kappa shape index (κ2) is 7.63. The number of carbonyl (C=O) groups is 1. The van der Waals surface area contributed by atoms with Crippen LogP contribution in [-0.4, -0.2) is 42.5 Å². The van der Waals surface area contributed by atoms with Crippen LogP contribution in [0.5, 0.6) is 11.5 Å². The lowest BCUT2D eigenvalue weighted by molar-refractivity contribution is 0.0939. The molecule has 0 saturated carbocycles. The lowest BCUT2D eigenvalue weighted by Gasteiger charge is -2.18. The lowest BCUT2D eigenvalue weighted by Crippen LogP contribution is -2.27. The summed E-state index contributed by atoms with van der Waals surface area (Å²) >= 11 is 0. The first-order chi connectivity index (χ1) is 10.5. The largest absolute Gasteiger partial charge is 0.491 e. The topological polar surface area (TPSA) is 38.8 Å². The van der Waals surface area contributed by atoms with E-state index in [-0.39, 0.29) is 18.0 Å². The quantitative estimate of drug-likeness (QED) is 0.722. The molecule has 1 aliphatic heterocycles. The summed E-state index contributed by atoms with van der Waals surface area (Å²) in [7, 11) is 0. The molecule has 0 bridgehead atoms. The van der Waals surface area contributed by atoms with E-state index in [9.17, 15) is 4.79 Å². The third-order valence-electron chi connectivity index (χ3n) is 3.55. The Bertz CT molecular complexity index is 505. The number of ketones is 1. The van der Waals surface area contributed by atoms with Crippen molar-refractivity contribution in [1.82, 2.24) is 4.90 Å². The summed E-state index contributed by atoms with van der Waals surface area (Å²) in [5.41, 5.74) is 0.650. The highest BCUT2D eigenvalue weighted by atomic mass is 16.5. The van der Waals surface area contributed by atoms with Gasteiger partial charge in [-0.05, 0) is 65.8 Å². The number of nitrogens with zero attached hydrogens (tertiary/aromatic N) is 1. The number of ether oxygens (including phenoxy) is 2. The van der Waals surface area contributed by atoms with Crippen LogP contribution in [0.25, 0.3) is 0 Å². The molecule has 1 saturated heterocycles. The summed E-state index contributed by atoms with van der Waals surface area (Å²) in [6.45, 7) is 10.4. The van der Waals surface area contributed by atoms with Crippen LogP contribution in [0.1, 0.15) is 50.9 Å². The van der Waals surface area contributed by atoms with Crippen molar-refractivity contribution in [3.63, 3.8) is 0 Å². The lowest BCUT2D eigenvalue weighted by atomic mass is 10.1. The number of Topliss-reactive ketones (excluding diaryl/α,β-unsaturated/α-hetero) is 1. The Morgan fingerprint density at radius 3 is 2.32 bits per heavy atom. The molecule has 0 spiro atoms. The molecule has 0 aliphatic carbocycles. The molecule has 0 N–H and O–H groups in total. The number of carbonyl (C=O) groups excluding carboxylic acids is 1. The van der Waals surface area contributed by atoms with Gasteiger partial charge in [-0.2, -0.15) is 0 Å². The van der Waals surface area contributed by atoms with Gasteiger partial charge in [0.15, 0.2) is 5.78 Å². The Morgan fingerprint density at radius 1 is 1.09 bits per heavy atom. The van der Waals surface area contributed by atoms with Gasteiger partial charge in [0.2, 0.25) is 0 Å². The fourth-order valence-corrected chi connectivity index (χ4v) is 2.66. The Morgan fingerprint density at radius 2 is 1.73 bits per heavy atom. The van der Waals surface area contributed by atoms with E-state index >= 15 is 0 Å². The van der Waals surface area contributed by atoms with Crippen LogP contribution in [-0.2, 0) is 0 Å². The van der Waals surface area contributed by atoms with Gasteiger partial charge in [-0.1, -0.05) is 0 Å². The van der Waals surface area contributed by atoms with Crippen LogP contribution < -0.4 is 9.47 Å². The molecule has 0 unspecified atom stereocenters. The average Bonchev–Trinajstić information content (AvgIpc) is 2.90. The minimum Gasteiger partial charge on any atom is -0.491 e. The number of likely N-dealkylation sites (tertiary alicyclic amines) is 1. The first-order valence-corrected chi connectivity index (χ1v) is 8.18. The standard InChI is InChI=1S/C18H27NO3/c1-13(2)21-15-7-8-16(18(11-15)22-14(3)4)17(20)12-19-9-5-6-10-19/h7-8,11,13-14H,5-6,9-10,12H2,1-4H3. The van der Waals surface area contributed by atoms with Crippen LogP contribution in [0.15, 0.2) is 18.2 Å². The fourth-order valence-electron chi connectivity index (χ4n) is 2.66. The van der Waals surface area contributed by atoms with Gasteiger partial charge in [0.25, 0.3) is 0 Å². The molecule has 4 nitrogen and oxygen atoms in total. The Balaban J connectivity index is 2.18. The molecule has 1 aliphatic rings. The summed E-state index contributed by atoms with van der Waals surface area (Å²) < 4.78 is 11.5. The van der Waals surface area contributed by atoms with Crippen LogP contribution in [0.4, 0.5) is 0 Å². The molecular formula is C18H27NO3. The molecule has 1 heterocycles. The van der Waals surface area contributed by atoms with Crippen molar-refractivity contribution >= 4 is 5.78 Å². The molecule has 2 rings (SSSR count). The van der Waals surface area contributed by atoms with E-state index in [4.69, 9.17) is 9.47 Å². The maximum absolute atomic E-state index is 12.6. The summed E-state index contributed by atoms with van der Waals surface area (Å²) in [5, 5.41) is 0. The third-order valence-corrected chi connectivity index (χ3v) is 3.55. The van der Waals surface area contributed by atoms with Gasteiger partial charge in [-0.25, -0.2) is 0 Å². The smallest absolute Gasteiger partial charge is 0.180 e. The summed E-state index contributed by atoms with van der Waals surface area (Å²) in [6, 6.07) is 5.51. The van der Waals surface area contributed by atoms with Crippen molar-refractivity contribution in [1.29, 1.82) is 0 Å². The normalized spacial score (nSPS) is 15.5. The monoisotopic (exact) mass is 305 g/mol. The summed E-state index contributed by atoms with van der Waals surface area (Å²) in [5.74, 6) is 1.48. The maximum Gasteiger partial charge on any atom is 0.180 e. The van der Waals surface area contributed by atoms with E-state index < -0.39 is 0 Å². The van der Waals surface area contributed by atoms with Crippen LogP contribution in [0, 0.1) is 0 Å². The number of hydrogen-bond acceptors (Lipinski definition) is 4. The highest BCUT2D eigenvalue weighted by Crippen LogP contribution is 2.27. The molecule has 22 heavy (non-hydrogen) atoms. The molecule has 4 heteroatoms. The molecule has 1 aromatic carbocycles. The number of hydrogen-bond donors (Lipinski definition) is 0. The van der Waals surface area contributed by atoms with Crippen molar-refractivity contribution in [2.75, 3.05) is 19.6 Å². The van der Waals surface area contributed by atoms with Gasteiger partial charge in [0.1, 0.15) is 11.5 Å². The van der Waals surface area contributed by atoms with Crippen molar-refractivity contribution in [2.45, 2.75) is 52.7 Å². The highest BCUT2D eigenvalue weighted by molar-refractivity contribution is 6.00. The van der Waals surface area contributed by atoms with Gasteiger partial charge in [-0.15, -0.1) is 0 Å². The Hall–Kier alpha value is -1.55. The van der Waals surface area contributed by atoms with Gasteiger partial charge in [0, 0.05) is 6.07 Å². The average molecular weight is 305 g/mol. The molecular weight excluding hydrogens is 278 g/mol. The molecule has 1 fully saturated rings. The van der Waals surface area contributed by atoms with E-state index in [0.29, 0.717) is 17.9 Å². The van der Waals surface area contributed by atoms with Gasteiger partial charge < -0.3 is 9.47 Å². The zero-order chi connectivity index (χ0) is 16.1. The Kier molecular flexibility index (Phi) is 5.83. The minimum atomic E-state index is 0.0210. The number of rotatable bonds is 7. The first-order valence-electron chi connectivity index (χ1n) is 8.18. The van der Waals surface area contributed by atoms with Crippen molar-refractivity contribution < 1.29 is 14.3 Å². The first kappa shape index (κ1) is 16.8. The Labute approximate surface area is 133 Å². The van der Waals surface area contributed by atoms with E-state index in [2.05, 4.69) is 4.90 Å². The molecule has 0 aromatic heterocycles. The van der Waals surface area contributed by atoms with Crippen molar-refractivity contribution in [2.24, 2.45) is 0 Å². The van der Waals surface area contributed by atoms with E-state index in [1.165, 1.54) is 12.8 Å². The zero-order valence-corrected chi connectivity index (χ0v) is 14.1. The molecule has 0 amide bonds. The second-order valence-corrected chi connectivity index (χ2v) is 6.40. The van der Waals surface area contributed by atoms with E-state index in [1.807, 2.05) is 45.9 Å². The van der Waals surface area contributed by atoms with E-state index in [0.717, 1.165) is 18.8 Å².